The van der Waals surface area contributed by atoms with Gasteiger partial charge in [0.25, 0.3) is 0 Å². The molecule has 3 heteroatoms. The first kappa shape index (κ1) is 7.98. The molecule has 3 nitrogen and oxygen atoms in total. The van der Waals surface area contributed by atoms with E-state index < -0.39 is 0 Å². The van der Waals surface area contributed by atoms with Crippen molar-refractivity contribution in [2.24, 2.45) is 0 Å². The number of hydrogen-bond donors (Lipinski definition) is 2. The molecule has 0 aromatic heterocycles. The van der Waals surface area contributed by atoms with Gasteiger partial charge in [0, 0.05) is 13.1 Å². The quantitative estimate of drug-likeness (QED) is 0.511. The molecule has 2 N–H and O–H groups in total. The largest absolute Gasteiger partial charge is 0.390 e. The fraction of sp³-hybridized carbons (Fsp3) is 1.00. The Morgan fingerprint density at radius 2 is 2.30 bits per heavy atom. The van der Waals surface area contributed by atoms with Crippen LogP contribution in [-0.2, 0) is 0 Å². The number of likely N-dealkylation sites (tertiary alicyclic amines) is 1. The third kappa shape index (κ3) is 2.25. The predicted octanol–water partition coefficient (Wildman–Crippen LogP) is -0.728. The molecule has 0 spiro atoms. The molecule has 1 aliphatic rings. The number of aliphatic hydroxyl groups excluding tert-OH is 1. The highest BCUT2D eigenvalue weighted by Gasteiger charge is 2.22. The Balaban J connectivity index is 1.86. The molecule has 0 unspecified atom stereocenters. The normalized spacial score (nSPS) is 21.0. The zero-order valence-electron chi connectivity index (χ0n) is 6.51. The number of nitrogens with one attached hydrogen (secondary N) is 1. The van der Waals surface area contributed by atoms with E-state index in [1.807, 2.05) is 7.05 Å². The summed E-state index contributed by atoms with van der Waals surface area (Å²) in [4.78, 5) is 2.27. The molecule has 60 valence electrons. The van der Waals surface area contributed by atoms with Crippen molar-refractivity contribution in [2.75, 3.05) is 33.2 Å². The van der Waals surface area contributed by atoms with Crippen LogP contribution < -0.4 is 5.32 Å². The highest BCUT2D eigenvalue weighted by molar-refractivity contribution is 4.78. The van der Waals surface area contributed by atoms with Crippen LogP contribution in [0.25, 0.3) is 0 Å². The summed E-state index contributed by atoms with van der Waals surface area (Å²) in [6.07, 6.45) is 1.14. The van der Waals surface area contributed by atoms with Crippen molar-refractivity contribution < 1.29 is 5.11 Å². The summed E-state index contributed by atoms with van der Waals surface area (Å²) in [5.74, 6) is 0. The van der Waals surface area contributed by atoms with E-state index in [1.54, 1.807) is 0 Å². The Morgan fingerprint density at radius 3 is 2.80 bits per heavy atom. The molecule has 1 heterocycles. The van der Waals surface area contributed by atoms with Gasteiger partial charge in [-0.1, -0.05) is 0 Å². The van der Waals surface area contributed by atoms with E-state index >= 15 is 0 Å². The monoisotopic (exact) mass is 144 g/mol. The first-order valence-corrected chi connectivity index (χ1v) is 3.88. The maximum atomic E-state index is 8.92. The molecular weight excluding hydrogens is 128 g/mol. The van der Waals surface area contributed by atoms with Gasteiger partial charge in [0.05, 0.1) is 6.10 Å². The molecule has 0 saturated carbocycles. The zero-order chi connectivity index (χ0) is 7.40. The minimum absolute atomic E-state index is 0.0467. The van der Waals surface area contributed by atoms with Crippen LogP contribution >= 0.6 is 0 Å². The van der Waals surface area contributed by atoms with Crippen LogP contribution in [0.15, 0.2) is 0 Å². The van der Waals surface area contributed by atoms with E-state index in [2.05, 4.69) is 10.2 Å². The van der Waals surface area contributed by atoms with Crippen molar-refractivity contribution in [3.8, 4) is 0 Å². The van der Waals surface area contributed by atoms with Gasteiger partial charge in [-0.2, -0.15) is 0 Å². The Hall–Kier alpha value is -0.120. The van der Waals surface area contributed by atoms with Crippen LogP contribution in [0.2, 0.25) is 0 Å². The first-order valence-electron chi connectivity index (χ1n) is 3.88. The molecule has 1 fully saturated rings. The maximum Gasteiger partial charge on any atom is 0.0793 e. The molecule has 0 aromatic rings. The molecular formula is C7H16N2O. The highest BCUT2D eigenvalue weighted by atomic mass is 16.3. The Kier molecular flexibility index (Phi) is 3.12. The minimum atomic E-state index is -0.0467. The van der Waals surface area contributed by atoms with Gasteiger partial charge in [-0.05, 0) is 26.6 Å². The average molecular weight is 144 g/mol. The van der Waals surface area contributed by atoms with Crippen LogP contribution in [0.4, 0.5) is 0 Å². The smallest absolute Gasteiger partial charge is 0.0793 e. The van der Waals surface area contributed by atoms with Gasteiger partial charge in [0.2, 0.25) is 0 Å². The molecule has 0 amide bonds. The lowest BCUT2D eigenvalue weighted by atomic mass is 10.1. The fourth-order valence-corrected chi connectivity index (χ4v) is 1.20. The average Bonchev–Trinajstić information content (AvgIpc) is 1.85. The SMILES string of the molecule is CNCCCN1CC(O)C1. The van der Waals surface area contributed by atoms with E-state index in [1.165, 1.54) is 6.42 Å². The lowest BCUT2D eigenvalue weighted by Crippen LogP contribution is -2.51. The first-order chi connectivity index (χ1) is 4.83. The predicted molar refractivity (Wildman–Crippen MR) is 41.0 cm³/mol. The number of aliphatic hydroxyl groups is 1. The van der Waals surface area contributed by atoms with E-state index in [0.717, 1.165) is 26.2 Å². The number of rotatable bonds is 4. The standard InChI is InChI=1S/C7H16N2O/c1-8-3-2-4-9-5-7(10)6-9/h7-8,10H,2-6H2,1H3. The van der Waals surface area contributed by atoms with Crippen LogP contribution in [0.3, 0.4) is 0 Å². The van der Waals surface area contributed by atoms with Crippen LogP contribution in [0, 0.1) is 0 Å². The van der Waals surface area contributed by atoms with Crippen molar-refractivity contribution in [2.45, 2.75) is 12.5 Å². The number of hydrogen-bond acceptors (Lipinski definition) is 3. The van der Waals surface area contributed by atoms with E-state index in [4.69, 9.17) is 5.11 Å². The van der Waals surface area contributed by atoms with Gasteiger partial charge in [-0.3, -0.25) is 4.90 Å². The van der Waals surface area contributed by atoms with Crippen molar-refractivity contribution in [1.29, 1.82) is 0 Å². The molecule has 0 aliphatic carbocycles. The summed E-state index contributed by atoms with van der Waals surface area (Å²) in [6, 6.07) is 0. The van der Waals surface area contributed by atoms with Gasteiger partial charge in [0.15, 0.2) is 0 Å². The van der Waals surface area contributed by atoms with Gasteiger partial charge >= 0.3 is 0 Å². The van der Waals surface area contributed by atoms with Gasteiger partial charge in [-0.15, -0.1) is 0 Å². The summed E-state index contributed by atoms with van der Waals surface area (Å²) >= 11 is 0. The summed E-state index contributed by atoms with van der Waals surface area (Å²) < 4.78 is 0. The van der Waals surface area contributed by atoms with Crippen molar-refractivity contribution >= 4 is 0 Å². The third-order valence-electron chi connectivity index (χ3n) is 1.84. The second-order valence-electron chi connectivity index (χ2n) is 2.87. The zero-order valence-corrected chi connectivity index (χ0v) is 6.51. The van der Waals surface area contributed by atoms with E-state index in [9.17, 15) is 0 Å². The van der Waals surface area contributed by atoms with Gasteiger partial charge in [0.1, 0.15) is 0 Å². The van der Waals surface area contributed by atoms with Crippen molar-refractivity contribution in [1.82, 2.24) is 10.2 Å². The van der Waals surface area contributed by atoms with Crippen molar-refractivity contribution in [3.63, 3.8) is 0 Å². The Labute approximate surface area is 62.0 Å². The molecule has 1 rings (SSSR count). The number of nitrogens with zero attached hydrogens (tertiary/aromatic N) is 1. The van der Waals surface area contributed by atoms with Crippen LogP contribution in [0.5, 0.6) is 0 Å². The second kappa shape index (κ2) is 3.91. The van der Waals surface area contributed by atoms with Gasteiger partial charge in [-0.25, -0.2) is 0 Å². The molecule has 0 atom stereocenters. The highest BCUT2D eigenvalue weighted by Crippen LogP contribution is 2.06. The van der Waals surface area contributed by atoms with E-state index in [0.29, 0.717) is 0 Å². The fourth-order valence-electron chi connectivity index (χ4n) is 1.20. The van der Waals surface area contributed by atoms with Gasteiger partial charge < -0.3 is 10.4 Å². The second-order valence-corrected chi connectivity index (χ2v) is 2.87. The summed E-state index contributed by atoms with van der Waals surface area (Å²) in [5, 5.41) is 12.0. The summed E-state index contributed by atoms with van der Waals surface area (Å²) in [5.41, 5.74) is 0. The molecule has 0 aromatic carbocycles. The molecule has 0 bridgehead atoms. The van der Waals surface area contributed by atoms with Crippen LogP contribution in [-0.4, -0.2) is 49.3 Å². The minimum Gasteiger partial charge on any atom is -0.390 e. The summed E-state index contributed by atoms with van der Waals surface area (Å²) in [7, 11) is 1.96. The lowest BCUT2D eigenvalue weighted by molar-refractivity contribution is 0.00195. The Bertz CT molecular complexity index is 91.6. The molecule has 1 aliphatic heterocycles. The van der Waals surface area contributed by atoms with E-state index in [-0.39, 0.29) is 6.10 Å². The van der Waals surface area contributed by atoms with Crippen molar-refractivity contribution in [3.05, 3.63) is 0 Å². The lowest BCUT2D eigenvalue weighted by Gasteiger charge is -2.35. The molecule has 0 radical (unpaired) electrons. The van der Waals surface area contributed by atoms with Crippen LogP contribution in [0.1, 0.15) is 6.42 Å². The molecule has 1 saturated heterocycles. The summed E-state index contributed by atoms with van der Waals surface area (Å²) in [6.45, 7) is 3.96. The maximum absolute atomic E-state index is 8.92. The third-order valence-corrected chi connectivity index (χ3v) is 1.84. The topological polar surface area (TPSA) is 35.5 Å². The Morgan fingerprint density at radius 1 is 1.60 bits per heavy atom. The molecule has 10 heavy (non-hydrogen) atoms. The number of β-amino-alcohol motifs (C(OH)–C–C–N with tert-alkyl or cyclic N) is 1.